The molecule has 0 bridgehead atoms. The molecule has 0 spiro atoms. The van der Waals surface area contributed by atoms with Crippen LogP contribution in [0.3, 0.4) is 0 Å². The van der Waals surface area contributed by atoms with Crippen LogP contribution in [-0.4, -0.2) is 52.0 Å². The Morgan fingerprint density at radius 1 is 1.37 bits per heavy atom. The van der Waals surface area contributed by atoms with Crippen molar-refractivity contribution >= 4 is 0 Å². The highest BCUT2D eigenvalue weighted by molar-refractivity contribution is 4.68. The number of aliphatic hydroxyl groups excluding tert-OH is 1. The van der Waals surface area contributed by atoms with Crippen molar-refractivity contribution < 1.29 is 9.84 Å². The molecule has 19 heavy (non-hydrogen) atoms. The van der Waals surface area contributed by atoms with Crippen molar-refractivity contribution in [2.24, 2.45) is 0 Å². The molecule has 108 valence electrons. The monoisotopic (exact) mass is 268 g/mol. The van der Waals surface area contributed by atoms with Gasteiger partial charge in [0.2, 0.25) is 0 Å². The molecule has 0 saturated heterocycles. The second-order valence-corrected chi connectivity index (χ2v) is 5.12. The Morgan fingerprint density at radius 3 is 2.95 bits per heavy atom. The third-order valence-electron chi connectivity index (χ3n) is 3.45. The summed E-state index contributed by atoms with van der Waals surface area (Å²) in [5, 5.41) is 20.6. The van der Waals surface area contributed by atoms with Crippen molar-refractivity contribution in [2.75, 3.05) is 19.7 Å². The van der Waals surface area contributed by atoms with Gasteiger partial charge >= 0.3 is 0 Å². The molecule has 1 aromatic rings. The van der Waals surface area contributed by atoms with E-state index in [1.54, 1.807) is 10.9 Å². The van der Waals surface area contributed by atoms with Crippen LogP contribution in [0.5, 0.6) is 0 Å². The zero-order valence-electron chi connectivity index (χ0n) is 11.4. The van der Waals surface area contributed by atoms with Crippen LogP contribution in [0.4, 0.5) is 0 Å². The fraction of sp³-hybridized carbons (Fsp3) is 0.846. The third kappa shape index (κ3) is 5.67. The standard InChI is InChI=1S/C13H24N4O2/c18-12(11-19-13-4-2-1-3-5-13)10-14-6-8-17-9-7-15-16-17/h7,9,12-14,18H,1-6,8,10-11H2. The van der Waals surface area contributed by atoms with Gasteiger partial charge in [-0.05, 0) is 12.8 Å². The number of nitrogens with zero attached hydrogens (tertiary/aromatic N) is 3. The fourth-order valence-electron chi connectivity index (χ4n) is 2.35. The summed E-state index contributed by atoms with van der Waals surface area (Å²) in [5.41, 5.74) is 0. The maximum atomic E-state index is 9.81. The van der Waals surface area contributed by atoms with E-state index in [1.807, 2.05) is 6.20 Å². The summed E-state index contributed by atoms with van der Waals surface area (Å²) >= 11 is 0. The predicted molar refractivity (Wildman–Crippen MR) is 71.7 cm³/mol. The lowest BCUT2D eigenvalue weighted by Gasteiger charge is -2.23. The van der Waals surface area contributed by atoms with Crippen molar-refractivity contribution in [1.29, 1.82) is 0 Å². The molecule has 0 radical (unpaired) electrons. The van der Waals surface area contributed by atoms with Gasteiger partial charge in [0.1, 0.15) is 0 Å². The van der Waals surface area contributed by atoms with Crippen LogP contribution in [0.2, 0.25) is 0 Å². The lowest BCUT2D eigenvalue weighted by molar-refractivity contribution is -0.0229. The van der Waals surface area contributed by atoms with Gasteiger partial charge in [0.05, 0.1) is 31.6 Å². The first kappa shape index (κ1) is 14.4. The number of rotatable bonds is 8. The number of hydrogen-bond acceptors (Lipinski definition) is 5. The summed E-state index contributed by atoms with van der Waals surface area (Å²) in [6, 6.07) is 0. The lowest BCUT2D eigenvalue weighted by atomic mass is 9.98. The van der Waals surface area contributed by atoms with Gasteiger partial charge in [-0.15, -0.1) is 5.10 Å². The summed E-state index contributed by atoms with van der Waals surface area (Å²) in [5.74, 6) is 0. The van der Waals surface area contributed by atoms with E-state index in [0.29, 0.717) is 19.3 Å². The van der Waals surface area contributed by atoms with Crippen LogP contribution in [0.25, 0.3) is 0 Å². The van der Waals surface area contributed by atoms with Gasteiger partial charge in [0.15, 0.2) is 0 Å². The van der Waals surface area contributed by atoms with Gasteiger partial charge in [-0.3, -0.25) is 4.68 Å². The molecule has 6 nitrogen and oxygen atoms in total. The van der Waals surface area contributed by atoms with Gasteiger partial charge in [0.25, 0.3) is 0 Å². The van der Waals surface area contributed by atoms with E-state index in [9.17, 15) is 5.11 Å². The molecule has 0 amide bonds. The highest BCUT2D eigenvalue weighted by Gasteiger charge is 2.15. The minimum Gasteiger partial charge on any atom is -0.389 e. The molecule has 1 unspecified atom stereocenters. The summed E-state index contributed by atoms with van der Waals surface area (Å²) in [6.45, 7) is 2.52. The molecule has 1 aliphatic rings. The Labute approximate surface area is 114 Å². The average Bonchev–Trinajstić information content (AvgIpc) is 2.96. The van der Waals surface area contributed by atoms with Gasteiger partial charge in [0, 0.05) is 19.3 Å². The number of hydrogen-bond donors (Lipinski definition) is 2. The summed E-state index contributed by atoms with van der Waals surface area (Å²) < 4.78 is 7.49. The smallest absolute Gasteiger partial charge is 0.0897 e. The van der Waals surface area contributed by atoms with Crippen molar-refractivity contribution in [3.8, 4) is 0 Å². The predicted octanol–water partition coefficient (Wildman–Crippen LogP) is 0.578. The Morgan fingerprint density at radius 2 is 2.21 bits per heavy atom. The van der Waals surface area contributed by atoms with E-state index >= 15 is 0 Å². The number of ether oxygens (including phenoxy) is 1. The zero-order valence-corrected chi connectivity index (χ0v) is 11.4. The summed E-state index contributed by atoms with van der Waals surface area (Å²) in [7, 11) is 0. The molecular weight excluding hydrogens is 244 g/mol. The topological polar surface area (TPSA) is 72.2 Å². The van der Waals surface area contributed by atoms with Gasteiger partial charge in [-0.1, -0.05) is 24.5 Å². The molecular formula is C13H24N4O2. The van der Waals surface area contributed by atoms with E-state index in [0.717, 1.165) is 25.9 Å². The number of nitrogens with one attached hydrogen (secondary N) is 1. The fourth-order valence-corrected chi connectivity index (χ4v) is 2.35. The minimum absolute atomic E-state index is 0.360. The quantitative estimate of drug-likeness (QED) is 0.675. The van der Waals surface area contributed by atoms with Crippen LogP contribution in [-0.2, 0) is 11.3 Å². The Bertz CT molecular complexity index is 325. The van der Waals surface area contributed by atoms with Gasteiger partial charge in [-0.2, -0.15) is 0 Å². The van der Waals surface area contributed by atoms with Crippen molar-refractivity contribution in [1.82, 2.24) is 20.3 Å². The zero-order chi connectivity index (χ0) is 13.3. The second-order valence-electron chi connectivity index (χ2n) is 5.12. The molecule has 0 aromatic carbocycles. The average molecular weight is 268 g/mol. The van der Waals surface area contributed by atoms with Gasteiger partial charge < -0.3 is 15.2 Å². The van der Waals surface area contributed by atoms with E-state index in [-0.39, 0.29) is 0 Å². The Hall–Kier alpha value is -0.980. The SMILES string of the molecule is OC(CNCCn1ccnn1)COC1CCCCC1. The maximum absolute atomic E-state index is 9.81. The van der Waals surface area contributed by atoms with Crippen LogP contribution >= 0.6 is 0 Å². The summed E-state index contributed by atoms with van der Waals surface area (Å²) in [4.78, 5) is 0. The molecule has 1 heterocycles. The van der Waals surface area contributed by atoms with E-state index in [4.69, 9.17) is 4.74 Å². The molecule has 1 aliphatic carbocycles. The van der Waals surface area contributed by atoms with Crippen LogP contribution in [0.15, 0.2) is 12.4 Å². The van der Waals surface area contributed by atoms with Crippen LogP contribution in [0, 0.1) is 0 Å². The minimum atomic E-state index is -0.433. The van der Waals surface area contributed by atoms with Gasteiger partial charge in [-0.25, -0.2) is 0 Å². The largest absolute Gasteiger partial charge is 0.389 e. The Kier molecular flexibility index (Phi) is 6.26. The molecule has 1 aromatic heterocycles. The van der Waals surface area contributed by atoms with E-state index in [1.165, 1.54) is 19.3 Å². The highest BCUT2D eigenvalue weighted by Crippen LogP contribution is 2.20. The first-order chi connectivity index (χ1) is 9.34. The lowest BCUT2D eigenvalue weighted by Crippen LogP contribution is -2.34. The molecule has 0 aliphatic heterocycles. The van der Waals surface area contributed by atoms with Crippen LogP contribution < -0.4 is 5.32 Å². The normalized spacial score (nSPS) is 18.6. The van der Waals surface area contributed by atoms with Crippen LogP contribution in [0.1, 0.15) is 32.1 Å². The molecule has 2 N–H and O–H groups in total. The van der Waals surface area contributed by atoms with Crippen molar-refractivity contribution in [3.63, 3.8) is 0 Å². The molecule has 1 fully saturated rings. The number of aliphatic hydroxyl groups is 1. The first-order valence-electron chi connectivity index (χ1n) is 7.19. The summed E-state index contributed by atoms with van der Waals surface area (Å²) in [6.07, 6.45) is 9.55. The molecule has 1 atom stereocenters. The van der Waals surface area contributed by atoms with Crippen molar-refractivity contribution in [3.05, 3.63) is 12.4 Å². The Balaban J connectivity index is 1.48. The van der Waals surface area contributed by atoms with E-state index < -0.39 is 6.10 Å². The van der Waals surface area contributed by atoms with E-state index in [2.05, 4.69) is 15.6 Å². The second kappa shape index (κ2) is 8.24. The first-order valence-corrected chi connectivity index (χ1v) is 7.19. The number of aromatic nitrogens is 3. The highest BCUT2D eigenvalue weighted by atomic mass is 16.5. The third-order valence-corrected chi connectivity index (χ3v) is 3.45. The molecule has 1 saturated carbocycles. The van der Waals surface area contributed by atoms with Crippen molar-refractivity contribution in [2.45, 2.75) is 50.9 Å². The molecule has 6 heteroatoms. The molecule has 2 rings (SSSR count). The maximum Gasteiger partial charge on any atom is 0.0897 e.